The van der Waals surface area contributed by atoms with Crippen molar-refractivity contribution in [2.45, 2.75) is 93.1 Å². The average Bonchev–Trinajstić information content (AvgIpc) is 1.64. The van der Waals surface area contributed by atoms with Crippen molar-refractivity contribution in [1.29, 1.82) is 0 Å². The predicted molar refractivity (Wildman–Crippen MR) is 328 cm³/mol. The lowest BCUT2D eigenvalue weighted by Crippen LogP contribution is -2.19. The zero-order valence-electron chi connectivity index (χ0n) is 52.2. The summed E-state index contributed by atoms with van der Waals surface area (Å²) in [5.74, 6) is 5.65. The van der Waals surface area contributed by atoms with Crippen molar-refractivity contribution in [1.82, 2.24) is 5.32 Å². The maximum Gasteiger partial charge on any atom is 0.306 e. The number of unbranched alkanes of at least 4 members (excludes halogenated alkanes) is 1. The van der Waals surface area contributed by atoms with Crippen molar-refractivity contribution in [3.05, 3.63) is 109 Å². The van der Waals surface area contributed by atoms with Gasteiger partial charge in [-0.2, -0.15) is 0 Å². The number of aliphatic hydroxyl groups excluding tert-OH is 1. The second-order valence-electron chi connectivity index (χ2n) is 21.1. The van der Waals surface area contributed by atoms with E-state index in [1.54, 1.807) is 33.5 Å². The summed E-state index contributed by atoms with van der Waals surface area (Å²) in [4.78, 5) is 42.0. The second kappa shape index (κ2) is 35.3. The Kier molecular flexibility index (Phi) is 27.5. The largest absolute Gasteiger partial charge is 0.511 e. The number of carbonyl (C=O) groups is 2. The summed E-state index contributed by atoms with van der Waals surface area (Å²) < 4.78 is 74.7. The first-order valence-corrected chi connectivity index (χ1v) is 30.2. The van der Waals surface area contributed by atoms with E-state index in [-0.39, 0.29) is 77.2 Å². The second-order valence-corrected chi connectivity index (χ2v) is 21.1. The Morgan fingerprint density at radius 2 is 1.17 bits per heavy atom. The van der Waals surface area contributed by atoms with E-state index in [1.165, 1.54) is 0 Å². The minimum atomic E-state index is -0.891. The van der Waals surface area contributed by atoms with Crippen LogP contribution in [-0.4, -0.2) is 180 Å². The fourth-order valence-corrected chi connectivity index (χ4v) is 10.7. The van der Waals surface area contributed by atoms with E-state index in [2.05, 4.69) is 57.9 Å². The molecule has 0 aromatic heterocycles. The van der Waals surface area contributed by atoms with Gasteiger partial charge in [0.1, 0.15) is 32.2 Å². The Bertz CT molecular complexity index is 2990. The molecule has 6 aliphatic rings. The van der Waals surface area contributed by atoms with Crippen LogP contribution in [-0.2, 0) is 63.6 Å². The maximum atomic E-state index is 14.7. The number of aliphatic imine (C=N–C) groups is 3. The van der Waals surface area contributed by atoms with Crippen LogP contribution in [0.25, 0.3) is 0 Å². The lowest BCUT2D eigenvalue weighted by atomic mass is 9.85. The van der Waals surface area contributed by atoms with E-state index in [1.807, 2.05) is 13.0 Å². The van der Waals surface area contributed by atoms with E-state index in [9.17, 15) is 19.8 Å². The third-order valence-electron chi connectivity index (χ3n) is 15.3. The number of fused-ring (bicyclic) bond motifs is 5. The highest BCUT2D eigenvalue weighted by Crippen LogP contribution is 2.48. The summed E-state index contributed by atoms with van der Waals surface area (Å²) in [6.07, 6.45) is 6.30. The molecule has 0 saturated carbocycles. The average molecular weight is 1210 g/mol. The summed E-state index contributed by atoms with van der Waals surface area (Å²) in [5, 5.41) is 25.1. The number of aliphatic hydroxyl groups is 1. The highest BCUT2D eigenvalue weighted by molar-refractivity contribution is 6.22. The van der Waals surface area contributed by atoms with Crippen LogP contribution >= 0.6 is 0 Å². The minimum Gasteiger partial charge on any atom is -0.511 e. The molecule has 3 N–H and O–H groups in total. The summed E-state index contributed by atoms with van der Waals surface area (Å²) in [7, 11) is 4.85. The van der Waals surface area contributed by atoms with Gasteiger partial charge in [-0.25, -0.2) is 15.0 Å². The van der Waals surface area contributed by atoms with Crippen molar-refractivity contribution >= 4 is 29.1 Å². The molecule has 7 rings (SSSR count). The predicted octanol–water partition coefficient (Wildman–Crippen LogP) is 9.01. The number of hydrogen-bond donors (Lipinski definition) is 3. The fourth-order valence-electron chi connectivity index (χ4n) is 10.7. The van der Waals surface area contributed by atoms with Gasteiger partial charge in [-0.1, -0.05) is 32.6 Å². The Morgan fingerprint density at radius 1 is 0.644 bits per heavy atom. The number of esters is 1. The van der Waals surface area contributed by atoms with Gasteiger partial charge in [0, 0.05) is 75.0 Å². The number of hydrogen-bond acceptors (Lipinski definition) is 20. The quantitative estimate of drug-likeness (QED) is 0.0316. The number of rotatable bonds is 39. The standard InChI is InChI=1S/C66H88N4O17/c1-10-47-42(3)52-39-55-48(11-2)43(4)62(69-55)49(15-13-12-14-16-59(72)73)63-44(5)50(64(70-63)51-37-56(71)61-45(6)53(68-65(51)61)40-54(47)67-52)38-60(74)87-41-46-35-57(84-32-29-81-26-23-78-20-17-75-7)66(86-34-31-83-28-25-80-22-19-77-9)58(36-46)85-33-30-82-27-24-79-21-18-76-8/h35-36,39-40,44,50,70-71H,10-12,14,16-34,37-38,41H2,1-9H3,(H,72,73)/t44-,50?/m0/s1. The molecule has 1 aliphatic carbocycles. The molecule has 1 aromatic rings. The zero-order valence-corrected chi connectivity index (χ0v) is 52.2. The number of methoxy groups -OCH3 is 3. The molecule has 1 aromatic carbocycles. The zero-order chi connectivity index (χ0) is 62.1. The van der Waals surface area contributed by atoms with Gasteiger partial charge in [-0.15, -0.1) is 0 Å². The number of carboxylic acids is 1. The third-order valence-corrected chi connectivity index (χ3v) is 15.3. The molecule has 87 heavy (non-hydrogen) atoms. The van der Waals surface area contributed by atoms with E-state index in [0.29, 0.717) is 150 Å². The Hall–Kier alpha value is -6.71. The summed E-state index contributed by atoms with van der Waals surface area (Å²) in [6, 6.07) is 3.51. The molecule has 0 amide bonds. The number of carboxylic acid groups (broad SMARTS) is 1. The molecule has 1 unspecified atom stereocenters. The van der Waals surface area contributed by atoms with Crippen LogP contribution in [0.1, 0.15) is 92.1 Å². The number of allylic oxidation sites excluding steroid dienone is 12. The SMILES string of the molecule is CCC1=C(C)C2=NC1=CC1=C(C)C3=C(O)CC(=C4NC(=C(C#CCCCC(=O)O)C5=NC(=C2)C(CC)=C5C)[C@@H](C)C4CC(=O)OCc2cc(OCCOCCOCCOC)c(OCCOCCOCCOC)c(OCCOCCOCCOC)c2)C3=N1. The maximum absolute atomic E-state index is 14.7. The Balaban J connectivity index is 1.21. The molecule has 1 fully saturated rings. The smallest absolute Gasteiger partial charge is 0.306 e. The van der Waals surface area contributed by atoms with Gasteiger partial charge < -0.3 is 77.1 Å². The van der Waals surface area contributed by atoms with Crippen molar-refractivity contribution in [3.8, 4) is 29.1 Å². The molecule has 5 aliphatic heterocycles. The summed E-state index contributed by atoms with van der Waals surface area (Å²) in [5.41, 5.74) is 13.5. The Labute approximate surface area is 511 Å². The normalized spacial score (nSPS) is 17.9. The van der Waals surface area contributed by atoms with Gasteiger partial charge in [0.25, 0.3) is 0 Å². The molecule has 5 heterocycles. The number of benzene rings is 1. The molecular weight excluding hydrogens is 1120 g/mol. The minimum absolute atomic E-state index is 0.0178. The van der Waals surface area contributed by atoms with Crippen molar-refractivity contribution < 1.29 is 81.4 Å². The first-order chi connectivity index (χ1) is 42.3. The lowest BCUT2D eigenvalue weighted by molar-refractivity contribution is -0.146. The monoisotopic (exact) mass is 1210 g/mol. The first-order valence-electron chi connectivity index (χ1n) is 30.2. The van der Waals surface area contributed by atoms with Gasteiger partial charge in [0.2, 0.25) is 5.75 Å². The molecule has 8 bridgehead atoms. The molecule has 2 atom stereocenters. The highest BCUT2D eigenvalue weighted by atomic mass is 16.6. The Morgan fingerprint density at radius 3 is 1.72 bits per heavy atom. The van der Waals surface area contributed by atoms with Crippen LogP contribution in [0.3, 0.4) is 0 Å². The van der Waals surface area contributed by atoms with Crippen LogP contribution in [0.15, 0.2) is 118 Å². The highest BCUT2D eigenvalue weighted by Gasteiger charge is 2.43. The van der Waals surface area contributed by atoms with Gasteiger partial charge in [0.15, 0.2) is 11.5 Å². The van der Waals surface area contributed by atoms with Crippen LogP contribution in [0.4, 0.5) is 0 Å². The third kappa shape index (κ3) is 18.7. The molecule has 21 nitrogen and oxygen atoms in total. The molecular formula is C66H88N4O17. The van der Waals surface area contributed by atoms with Gasteiger partial charge >= 0.3 is 11.9 Å². The lowest BCUT2D eigenvalue weighted by Gasteiger charge is -2.20. The van der Waals surface area contributed by atoms with Gasteiger partial charge in [0.05, 0.1) is 145 Å². The molecule has 0 radical (unpaired) electrons. The van der Waals surface area contributed by atoms with Crippen molar-refractivity contribution in [3.63, 3.8) is 0 Å². The number of aliphatic carboxylic acids is 1. The molecule has 1 saturated heterocycles. The molecule has 0 spiro atoms. The van der Waals surface area contributed by atoms with Gasteiger partial charge in [-0.3, -0.25) is 9.59 Å². The van der Waals surface area contributed by atoms with Crippen LogP contribution in [0, 0.1) is 23.7 Å². The topological polar surface area (TPSA) is 244 Å². The van der Waals surface area contributed by atoms with E-state index < -0.39 is 17.9 Å². The molecule has 474 valence electrons. The van der Waals surface area contributed by atoms with Crippen LogP contribution < -0.4 is 19.5 Å². The number of ether oxygens (including phenoxy) is 13. The van der Waals surface area contributed by atoms with Crippen LogP contribution in [0.2, 0.25) is 0 Å². The van der Waals surface area contributed by atoms with Crippen molar-refractivity contribution in [2.24, 2.45) is 26.8 Å². The first kappa shape index (κ1) is 67.8. The summed E-state index contributed by atoms with van der Waals surface area (Å²) in [6.45, 7) is 18.4. The number of carbonyl (C=O) groups excluding carboxylic acids is 1. The van der Waals surface area contributed by atoms with Gasteiger partial charge in [-0.05, 0) is 97.7 Å². The fraction of sp³-hybridized carbons (Fsp3) is 0.561. The van der Waals surface area contributed by atoms with Crippen LogP contribution in [0.5, 0.6) is 17.2 Å². The van der Waals surface area contributed by atoms with E-state index in [4.69, 9.17) is 76.6 Å². The van der Waals surface area contributed by atoms with E-state index in [0.717, 1.165) is 68.4 Å². The number of nitrogens with one attached hydrogen (secondary N) is 1. The van der Waals surface area contributed by atoms with E-state index >= 15 is 0 Å². The molecule has 21 heteroatoms. The number of nitrogens with zero attached hydrogens (tertiary/aromatic N) is 3. The van der Waals surface area contributed by atoms with Crippen molar-refractivity contribution in [2.75, 3.05) is 140 Å². The summed E-state index contributed by atoms with van der Waals surface area (Å²) >= 11 is 0.